The van der Waals surface area contributed by atoms with E-state index < -0.39 is 0 Å². The summed E-state index contributed by atoms with van der Waals surface area (Å²) >= 11 is 0. The first kappa shape index (κ1) is 14.2. The fourth-order valence-corrected chi connectivity index (χ4v) is 2.77. The van der Waals surface area contributed by atoms with Crippen molar-refractivity contribution in [3.05, 3.63) is 11.6 Å². The lowest BCUT2D eigenvalue weighted by Gasteiger charge is -2.22. The molecule has 2 rings (SSSR count). The molecule has 106 valence electrons. The summed E-state index contributed by atoms with van der Waals surface area (Å²) in [7, 11) is 1.69. The lowest BCUT2D eigenvalue weighted by molar-refractivity contribution is 0.0570. The van der Waals surface area contributed by atoms with E-state index in [4.69, 9.17) is 10.5 Å². The van der Waals surface area contributed by atoms with E-state index in [9.17, 15) is 0 Å². The predicted octanol–water partition coefficient (Wildman–Crippen LogP) is 2.85. The minimum absolute atomic E-state index is 0.118. The summed E-state index contributed by atoms with van der Waals surface area (Å²) in [6.07, 6.45) is 6.02. The zero-order valence-electron chi connectivity index (χ0n) is 12.1. The van der Waals surface area contributed by atoms with Crippen LogP contribution in [0.15, 0.2) is 0 Å². The fourth-order valence-electron chi connectivity index (χ4n) is 2.77. The van der Waals surface area contributed by atoms with Crippen LogP contribution >= 0.6 is 0 Å². The van der Waals surface area contributed by atoms with Gasteiger partial charge in [0, 0.05) is 13.0 Å². The molecule has 1 saturated carbocycles. The summed E-state index contributed by atoms with van der Waals surface area (Å²) in [4.78, 5) is 13.2. The number of hydrogen-bond acceptors (Lipinski definition) is 5. The molecule has 0 spiro atoms. The topological polar surface area (TPSA) is 73.9 Å². The molecule has 5 nitrogen and oxygen atoms in total. The van der Waals surface area contributed by atoms with Crippen molar-refractivity contribution in [2.24, 2.45) is 5.92 Å². The molecular formula is C14H24N4O. The molecule has 1 atom stereocenters. The normalized spacial score (nSPS) is 18.7. The number of hydrogen-bond donors (Lipinski definition) is 1. The molecule has 19 heavy (non-hydrogen) atoms. The Morgan fingerprint density at radius 2 is 1.79 bits per heavy atom. The molecule has 0 radical (unpaired) electrons. The highest BCUT2D eigenvalue weighted by atomic mass is 16.5. The highest BCUT2D eigenvalue weighted by Gasteiger charge is 2.23. The number of nitrogen functional groups attached to an aromatic ring is 1. The van der Waals surface area contributed by atoms with Gasteiger partial charge in [-0.15, -0.1) is 0 Å². The number of ether oxygens (including phenoxy) is 1. The van der Waals surface area contributed by atoms with Crippen LogP contribution in [0.3, 0.4) is 0 Å². The Balaban J connectivity index is 2.27. The Bertz CT molecular complexity index is 416. The van der Waals surface area contributed by atoms with E-state index in [1.165, 1.54) is 19.3 Å². The molecular weight excluding hydrogens is 240 g/mol. The van der Waals surface area contributed by atoms with Crippen LogP contribution < -0.4 is 5.73 Å². The number of aromatic nitrogens is 3. The molecule has 0 aliphatic heterocycles. The highest BCUT2D eigenvalue weighted by molar-refractivity contribution is 5.19. The van der Waals surface area contributed by atoms with E-state index in [0.717, 1.165) is 18.7 Å². The quantitative estimate of drug-likeness (QED) is 0.905. The largest absolute Gasteiger partial charge is 0.373 e. The van der Waals surface area contributed by atoms with Crippen molar-refractivity contribution in [2.75, 3.05) is 12.8 Å². The standard InChI is InChI=1S/C14H24N4O/c1-9(2)11(19-3)13-16-12(17-14(15)18-13)10-7-5-4-6-8-10/h9-11H,4-8H2,1-3H3,(H2,15,16,17,18). The van der Waals surface area contributed by atoms with Crippen LogP contribution in [0, 0.1) is 5.92 Å². The van der Waals surface area contributed by atoms with Gasteiger partial charge in [-0.3, -0.25) is 0 Å². The summed E-state index contributed by atoms with van der Waals surface area (Å²) in [5, 5.41) is 0. The van der Waals surface area contributed by atoms with Crippen LogP contribution in [0.2, 0.25) is 0 Å². The smallest absolute Gasteiger partial charge is 0.223 e. The minimum Gasteiger partial charge on any atom is -0.373 e. The summed E-state index contributed by atoms with van der Waals surface area (Å²) < 4.78 is 5.49. The van der Waals surface area contributed by atoms with Gasteiger partial charge in [0.25, 0.3) is 0 Å². The maximum Gasteiger partial charge on any atom is 0.223 e. The van der Waals surface area contributed by atoms with Gasteiger partial charge >= 0.3 is 0 Å². The Morgan fingerprint density at radius 3 is 2.37 bits per heavy atom. The maximum absolute atomic E-state index is 5.84. The second-order valence-electron chi connectivity index (χ2n) is 5.65. The van der Waals surface area contributed by atoms with E-state index in [2.05, 4.69) is 28.8 Å². The average molecular weight is 264 g/mol. The second-order valence-corrected chi connectivity index (χ2v) is 5.65. The van der Waals surface area contributed by atoms with Crippen molar-refractivity contribution < 1.29 is 4.74 Å². The third-order valence-corrected chi connectivity index (χ3v) is 3.77. The van der Waals surface area contributed by atoms with Gasteiger partial charge < -0.3 is 10.5 Å². The summed E-state index contributed by atoms with van der Waals surface area (Å²) in [5.74, 6) is 2.58. The summed E-state index contributed by atoms with van der Waals surface area (Å²) in [6.45, 7) is 4.18. The highest BCUT2D eigenvalue weighted by Crippen LogP contribution is 2.32. The number of anilines is 1. The minimum atomic E-state index is -0.118. The number of nitrogens with two attached hydrogens (primary N) is 1. The Labute approximate surface area is 115 Å². The Morgan fingerprint density at radius 1 is 1.11 bits per heavy atom. The molecule has 1 aromatic heterocycles. The number of methoxy groups -OCH3 is 1. The van der Waals surface area contributed by atoms with Gasteiger partial charge in [0.1, 0.15) is 11.9 Å². The zero-order chi connectivity index (χ0) is 13.8. The van der Waals surface area contributed by atoms with Crippen LogP contribution in [0.5, 0.6) is 0 Å². The number of nitrogens with zero attached hydrogens (tertiary/aromatic N) is 3. The van der Waals surface area contributed by atoms with E-state index in [0.29, 0.717) is 23.6 Å². The molecule has 0 aromatic carbocycles. The first-order valence-corrected chi connectivity index (χ1v) is 7.16. The first-order chi connectivity index (χ1) is 9.11. The summed E-state index contributed by atoms with van der Waals surface area (Å²) in [6, 6.07) is 0. The van der Waals surface area contributed by atoms with Crippen molar-refractivity contribution in [3.63, 3.8) is 0 Å². The van der Waals surface area contributed by atoms with Gasteiger partial charge in [-0.1, -0.05) is 33.1 Å². The van der Waals surface area contributed by atoms with Crippen LogP contribution in [0.1, 0.15) is 69.6 Å². The zero-order valence-corrected chi connectivity index (χ0v) is 12.1. The molecule has 2 N–H and O–H groups in total. The third-order valence-electron chi connectivity index (χ3n) is 3.77. The molecule has 0 saturated heterocycles. The van der Waals surface area contributed by atoms with E-state index >= 15 is 0 Å². The molecule has 0 bridgehead atoms. The van der Waals surface area contributed by atoms with Crippen LogP contribution in [-0.4, -0.2) is 22.1 Å². The fraction of sp³-hybridized carbons (Fsp3) is 0.786. The molecule has 1 aliphatic rings. The van der Waals surface area contributed by atoms with Crippen molar-refractivity contribution in [1.82, 2.24) is 15.0 Å². The van der Waals surface area contributed by atoms with Gasteiger partial charge in [-0.2, -0.15) is 9.97 Å². The lowest BCUT2D eigenvalue weighted by atomic mass is 9.88. The molecule has 0 amide bonds. The lowest BCUT2D eigenvalue weighted by Crippen LogP contribution is -2.18. The van der Waals surface area contributed by atoms with Gasteiger partial charge in [-0.05, 0) is 18.8 Å². The monoisotopic (exact) mass is 264 g/mol. The van der Waals surface area contributed by atoms with Crippen molar-refractivity contribution >= 4 is 5.95 Å². The average Bonchev–Trinajstić information content (AvgIpc) is 2.39. The Hall–Kier alpha value is -1.23. The summed E-state index contributed by atoms with van der Waals surface area (Å²) in [5.41, 5.74) is 5.84. The maximum atomic E-state index is 5.84. The second kappa shape index (κ2) is 6.28. The first-order valence-electron chi connectivity index (χ1n) is 7.16. The van der Waals surface area contributed by atoms with Gasteiger partial charge in [0.15, 0.2) is 5.82 Å². The van der Waals surface area contributed by atoms with E-state index in [1.54, 1.807) is 7.11 Å². The SMILES string of the molecule is COC(c1nc(N)nc(C2CCCCC2)n1)C(C)C. The molecule has 1 heterocycles. The Kier molecular flexibility index (Phi) is 4.69. The van der Waals surface area contributed by atoms with Gasteiger partial charge in [0.05, 0.1) is 0 Å². The molecule has 1 aromatic rings. The van der Waals surface area contributed by atoms with E-state index in [1.807, 2.05) is 0 Å². The van der Waals surface area contributed by atoms with Crippen molar-refractivity contribution in [1.29, 1.82) is 0 Å². The van der Waals surface area contributed by atoms with Gasteiger partial charge in [0.2, 0.25) is 5.95 Å². The van der Waals surface area contributed by atoms with Crippen molar-refractivity contribution in [3.8, 4) is 0 Å². The predicted molar refractivity (Wildman–Crippen MR) is 74.7 cm³/mol. The van der Waals surface area contributed by atoms with Crippen LogP contribution in [0.4, 0.5) is 5.95 Å². The molecule has 5 heteroatoms. The van der Waals surface area contributed by atoms with E-state index in [-0.39, 0.29) is 6.10 Å². The van der Waals surface area contributed by atoms with Crippen molar-refractivity contribution in [2.45, 2.75) is 58.0 Å². The molecule has 1 unspecified atom stereocenters. The molecule has 1 aliphatic carbocycles. The molecule has 1 fully saturated rings. The third kappa shape index (κ3) is 3.41. The van der Waals surface area contributed by atoms with Gasteiger partial charge in [-0.25, -0.2) is 4.98 Å². The van der Waals surface area contributed by atoms with Crippen LogP contribution in [-0.2, 0) is 4.74 Å². The van der Waals surface area contributed by atoms with Crippen LogP contribution in [0.25, 0.3) is 0 Å². The number of rotatable bonds is 4.